The lowest BCUT2D eigenvalue weighted by Gasteiger charge is -2.19. The van der Waals surface area contributed by atoms with E-state index in [1.165, 1.54) is 12.8 Å². The average molecular weight is 485 g/mol. The first-order chi connectivity index (χ1) is 12.0. The normalized spacial score (nSPS) is 18.7. The van der Waals surface area contributed by atoms with Gasteiger partial charge in [-0.05, 0) is 68.1 Å². The highest BCUT2D eigenvalue weighted by Gasteiger charge is 2.22. The first-order valence-electron chi connectivity index (χ1n) is 8.02. The quantitative estimate of drug-likeness (QED) is 0.253. The Hall–Kier alpha value is -0.200. The topological polar surface area (TPSA) is 51.6 Å². The van der Waals surface area contributed by atoms with Crippen molar-refractivity contribution in [1.82, 2.24) is 19.9 Å². The van der Waals surface area contributed by atoms with Gasteiger partial charge in [0.05, 0.1) is 16.2 Å². The molecule has 1 unspecified atom stereocenters. The second-order valence-corrected chi connectivity index (χ2v) is 8.42. The van der Waals surface area contributed by atoms with Crippen LogP contribution in [-0.2, 0) is 19.3 Å². The third-order valence-corrected chi connectivity index (χ3v) is 6.10. The lowest BCUT2D eigenvalue weighted by atomic mass is 9.97. The van der Waals surface area contributed by atoms with E-state index in [4.69, 9.17) is 46.4 Å². The Kier molecular flexibility index (Phi) is 6.77. The van der Waals surface area contributed by atoms with Crippen molar-refractivity contribution < 1.29 is 0 Å². The van der Waals surface area contributed by atoms with E-state index in [1.54, 1.807) is 0 Å². The van der Waals surface area contributed by atoms with E-state index in [2.05, 4.69) is 35.9 Å². The summed E-state index contributed by atoms with van der Waals surface area (Å²) < 4.78 is 0. The van der Waals surface area contributed by atoms with Gasteiger partial charge in [-0.1, -0.05) is 39.1 Å². The summed E-state index contributed by atoms with van der Waals surface area (Å²) in [7, 11) is 0. The number of alkyl halides is 1. The average Bonchev–Trinajstić information content (AvgIpc) is 2.56. The van der Waals surface area contributed by atoms with E-state index < -0.39 is 0 Å². The summed E-state index contributed by atoms with van der Waals surface area (Å²) in [5.74, 6) is 0. The SMILES string of the molecule is Clc1nc(Cl)c2c(n1)C(Br)CCC2.Clc1nc(Cl)c2c(n1)CCCC2. The fourth-order valence-electron chi connectivity index (χ4n) is 3.05. The van der Waals surface area contributed by atoms with Crippen LogP contribution < -0.4 is 0 Å². The minimum atomic E-state index is 0.232. The van der Waals surface area contributed by atoms with E-state index >= 15 is 0 Å². The van der Waals surface area contributed by atoms with Gasteiger partial charge < -0.3 is 0 Å². The Labute approximate surface area is 174 Å². The van der Waals surface area contributed by atoms with Crippen molar-refractivity contribution in [3.05, 3.63) is 43.4 Å². The Morgan fingerprint density at radius 2 is 1.32 bits per heavy atom. The molecule has 0 spiro atoms. The number of aryl methyl sites for hydroxylation is 1. The van der Waals surface area contributed by atoms with Crippen molar-refractivity contribution in [1.29, 1.82) is 0 Å². The molecule has 4 rings (SSSR count). The van der Waals surface area contributed by atoms with Crippen LogP contribution in [0.4, 0.5) is 0 Å². The molecule has 2 aliphatic rings. The van der Waals surface area contributed by atoms with Crippen LogP contribution >= 0.6 is 62.3 Å². The summed E-state index contributed by atoms with van der Waals surface area (Å²) in [5, 5.41) is 1.53. The van der Waals surface area contributed by atoms with Gasteiger partial charge in [0.15, 0.2) is 0 Å². The van der Waals surface area contributed by atoms with Gasteiger partial charge in [0, 0.05) is 11.1 Å². The summed E-state index contributed by atoms with van der Waals surface area (Å²) >= 11 is 26.8. The molecular weight excluding hydrogens is 470 g/mol. The van der Waals surface area contributed by atoms with Crippen LogP contribution in [0.3, 0.4) is 0 Å². The Balaban J connectivity index is 0.000000146. The lowest BCUT2D eigenvalue weighted by molar-refractivity contribution is 0.658. The number of fused-ring (bicyclic) bond motifs is 2. The fraction of sp³-hybridized carbons (Fsp3) is 0.500. The van der Waals surface area contributed by atoms with Gasteiger partial charge in [0.25, 0.3) is 0 Å². The Morgan fingerprint density at radius 3 is 2.08 bits per heavy atom. The summed E-state index contributed by atoms with van der Waals surface area (Å²) in [4.78, 5) is 16.4. The summed E-state index contributed by atoms with van der Waals surface area (Å²) in [6.45, 7) is 0. The lowest BCUT2D eigenvalue weighted by Crippen LogP contribution is -2.09. The molecule has 0 saturated carbocycles. The van der Waals surface area contributed by atoms with Crippen LogP contribution in [0, 0.1) is 0 Å². The van der Waals surface area contributed by atoms with Crippen molar-refractivity contribution in [3.63, 3.8) is 0 Å². The van der Waals surface area contributed by atoms with Gasteiger partial charge in [-0.2, -0.15) is 0 Å². The number of hydrogen-bond acceptors (Lipinski definition) is 4. The number of hydrogen-bond donors (Lipinski definition) is 0. The highest BCUT2D eigenvalue weighted by atomic mass is 79.9. The predicted octanol–water partition coefficient (Wildman–Crippen LogP) is 6.22. The van der Waals surface area contributed by atoms with Crippen LogP contribution in [0.5, 0.6) is 0 Å². The maximum atomic E-state index is 5.96. The number of aromatic nitrogens is 4. The van der Waals surface area contributed by atoms with E-state index in [1.807, 2.05) is 0 Å². The molecule has 0 amide bonds. The molecule has 0 aliphatic heterocycles. The molecule has 2 aromatic rings. The van der Waals surface area contributed by atoms with Crippen molar-refractivity contribution in [3.8, 4) is 0 Å². The van der Waals surface area contributed by atoms with Gasteiger partial charge in [0.1, 0.15) is 10.3 Å². The van der Waals surface area contributed by atoms with Crippen LogP contribution in [0.2, 0.25) is 20.9 Å². The highest BCUT2D eigenvalue weighted by Crippen LogP contribution is 2.37. The molecule has 2 aromatic heterocycles. The standard InChI is InChI=1S/C8H7BrCl2N2.C8H8Cl2N2/c9-5-3-1-2-4-6(5)12-8(11)13-7(4)10;9-7-5-3-1-2-4-6(5)11-8(10)12-7/h5H,1-3H2;1-4H2. The molecule has 0 radical (unpaired) electrons. The van der Waals surface area contributed by atoms with Crippen molar-refractivity contribution in [2.45, 2.75) is 49.8 Å². The molecular formula is C16H15BrCl4N4. The molecule has 25 heavy (non-hydrogen) atoms. The summed E-state index contributed by atoms with van der Waals surface area (Å²) in [6, 6.07) is 0. The molecule has 0 saturated heterocycles. The predicted molar refractivity (Wildman–Crippen MR) is 105 cm³/mol. The Bertz CT molecular complexity index is 787. The van der Waals surface area contributed by atoms with Crippen molar-refractivity contribution in [2.24, 2.45) is 0 Å². The zero-order chi connectivity index (χ0) is 18.0. The van der Waals surface area contributed by atoms with Gasteiger partial charge >= 0.3 is 0 Å². The van der Waals surface area contributed by atoms with Crippen LogP contribution in [0.1, 0.15) is 53.0 Å². The van der Waals surface area contributed by atoms with Gasteiger partial charge in [-0.25, -0.2) is 19.9 Å². The minimum Gasteiger partial charge on any atom is -0.223 e. The molecule has 4 nitrogen and oxygen atoms in total. The van der Waals surface area contributed by atoms with Crippen LogP contribution in [0.25, 0.3) is 0 Å². The molecule has 0 bridgehead atoms. The minimum absolute atomic E-state index is 0.232. The third-order valence-electron chi connectivity index (χ3n) is 4.25. The van der Waals surface area contributed by atoms with Gasteiger partial charge in [-0.3, -0.25) is 0 Å². The first-order valence-corrected chi connectivity index (χ1v) is 10.4. The summed E-state index contributed by atoms with van der Waals surface area (Å²) in [5.41, 5.74) is 4.12. The number of halogens is 5. The monoisotopic (exact) mass is 482 g/mol. The second-order valence-electron chi connectivity index (χ2n) is 5.92. The molecule has 134 valence electrons. The maximum absolute atomic E-state index is 5.96. The summed E-state index contributed by atoms with van der Waals surface area (Å²) in [6.07, 6.45) is 7.48. The molecule has 9 heteroatoms. The molecule has 0 fully saturated rings. The van der Waals surface area contributed by atoms with Gasteiger partial charge in [0.2, 0.25) is 10.6 Å². The van der Waals surface area contributed by atoms with E-state index in [9.17, 15) is 0 Å². The molecule has 0 aromatic carbocycles. The molecule has 2 aliphatic carbocycles. The fourth-order valence-corrected chi connectivity index (χ4v) is 4.76. The zero-order valence-corrected chi connectivity index (χ0v) is 17.8. The van der Waals surface area contributed by atoms with E-state index in [0.29, 0.717) is 10.3 Å². The second kappa shape index (κ2) is 8.66. The zero-order valence-electron chi connectivity index (χ0n) is 13.2. The molecule has 2 heterocycles. The van der Waals surface area contributed by atoms with Crippen LogP contribution in [-0.4, -0.2) is 19.9 Å². The number of rotatable bonds is 0. The first kappa shape index (κ1) is 19.6. The van der Waals surface area contributed by atoms with Gasteiger partial charge in [-0.15, -0.1) is 0 Å². The largest absolute Gasteiger partial charge is 0.224 e. The van der Waals surface area contributed by atoms with Crippen LogP contribution in [0.15, 0.2) is 0 Å². The third kappa shape index (κ3) is 4.75. The molecule has 0 N–H and O–H groups in total. The number of nitrogens with zero attached hydrogens (tertiary/aromatic N) is 4. The van der Waals surface area contributed by atoms with Crippen molar-refractivity contribution >= 4 is 62.3 Å². The van der Waals surface area contributed by atoms with E-state index in [0.717, 1.165) is 54.6 Å². The maximum Gasteiger partial charge on any atom is 0.224 e. The smallest absolute Gasteiger partial charge is 0.223 e. The highest BCUT2D eigenvalue weighted by molar-refractivity contribution is 9.09. The molecule has 1 atom stereocenters. The van der Waals surface area contributed by atoms with E-state index in [-0.39, 0.29) is 15.4 Å². The van der Waals surface area contributed by atoms with Crippen molar-refractivity contribution in [2.75, 3.05) is 0 Å². The Morgan fingerprint density at radius 1 is 0.720 bits per heavy atom.